The number of carbonyl (C=O) groups excluding carboxylic acids is 1. The number of nitrogens with one attached hydrogen (secondary N) is 2. The molecule has 0 aliphatic heterocycles. The number of urea groups is 1. The zero-order valence-corrected chi connectivity index (χ0v) is 13.5. The van der Waals surface area contributed by atoms with Crippen LogP contribution in [0.4, 0.5) is 9.18 Å². The van der Waals surface area contributed by atoms with Crippen LogP contribution in [0.2, 0.25) is 0 Å². The highest BCUT2D eigenvalue weighted by molar-refractivity contribution is 5.75. The molecular formula is C18H21FN2O2. The number of ether oxygens (including phenoxy) is 1. The highest BCUT2D eigenvalue weighted by atomic mass is 19.1. The highest BCUT2D eigenvalue weighted by Gasteiger charge is 2.22. The Labute approximate surface area is 135 Å². The third-order valence-corrected chi connectivity index (χ3v) is 3.60. The van der Waals surface area contributed by atoms with Gasteiger partial charge in [-0.2, -0.15) is 0 Å². The third kappa shape index (κ3) is 4.71. The molecule has 0 aliphatic rings. The lowest BCUT2D eigenvalue weighted by Gasteiger charge is -2.27. The lowest BCUT2D eigenvalue weighted by atomic mass is 9.94. The Hall–Kier alpha value is -2.56. The second kappa shape index (κ2) is 7.13. The third-order valence-electron chi connectivity index (χ3n) is 3.60. The van der Waals surface area contributed by atoms with E-state index in [9.17, 15) is 9.18 Å². The average Bonchev–Trinajstić information content (AvgIpc) is 2.54. The summed E-state index contributed by atoms with van der Waals surface area (Å²) >= 11 is 0. The van der Waals surface area contributed by atoms with E-state index in [0.717, 1.165) is 16.9 Å². The van der Waals surface area contributed by atoms with Gasteiger partial charge in [0.25, 0.3) is 0 Å². The van der Waals surface area contributed by atoms with Crippen molar-refractivity contribution in [1.82, 2.24) is 10.6 Å². The first-order valence-electron chi connectivity index (χ1n) is 7.36. The second-order valence-corrected chi connectivity index (χ2v) is 5.79. The molecule has 0 saturated carbocycles. The summed E-state index contributed by atoms with van der Waals surface area (Å²) in [5.74, 6) is 0.476. The SMILES string of the molecule is COc1ccc(C(C)(C)NC(=O)NCc2ccc(F)cc2)cc1. The standard InChI is InChI=1S/C18H21FN2O2/c1-18(2,14-6-10-16(23-3)11-7-14)21-17(22)20-12-13-4-8-15(19)9-5-13/h4-11H,12H2,1-3H3,(H2,20,21,22). The molecule has 0 heterocycles. The Balaban J connectivity index is 1.93. The number of halogens is 1. The smallest absolute Gasteiger partial charge is 0.315 e. The van der Waals surface area contributed by atoms with Crippen molar-refractivity contribution in [3.8, 4) is 5.75 Å². The molecule has 0 saturated heterocycles. The van der Waals surface area contributed by atoms with Crippen molar-refractivity contribution in [2.24, 2.45) is 0 Å². The summed E-state index contributed by atoms with van der Waals surface area (Å²) in [6.45, 7) is 4.18. The second-order valence-electron chi connectivity index (χ2n) is 5.79. The van der Waals surface area contributed by atoms with E-state index in [-0.39, 0.29) is 11.8 Å². The number of hydrogen-bond donors (Lipinski definition) is 2. The largest absolute Gasteiger partial charge is 0.497 e. The van der Waals surface area contributed by atoms with Crippen LogP contribution in [0.1, 0.15) is 25.0 Å². The van der Waals surface area contributed by atoms with E-state index < -0.39 is 5.54 Å². The summed E-state index contributed by atoms with van der Waals surface area (Å²) in [6, 6.07) is 13.3. The van der Waals surface area contributed by atoms with Crippen LogP contribution >= 0.6 is 0 Å². The van der Waals surface area contributed by atoms with Gasteiger partial charge in [-0.1, -0.05) is 24.3 Å². The predicted octanol–water partition coefficient (Wildman–Crippen LogP) is 3.57. The normalized spacial score (nSPS) is 11.0. The molecule has 23 heavy (non-hydrogen) atoms. The van der Waals surface area contributed by atoms with E-state index in [1.54, 1.807) is 19.2 Å². The Kier molecular flexibility index (Phi) is 5.21. The number of rotatable bonds is 5. The number of benzene rings is 2. The Bertz CT molecular complexity index is 652. The molecule has 0 aliphatic carbocycles. The Morgan fingerprint density at radius 3 is 2.26 bits per heavy atom. The lowest BCUT2D eigenvalue weighted by molar-refractivity contribution is 0.229. The van der Waals surface area contributed by atoms with Crippen molar-refractivity contribution >= 4 is 6.03 Å². The predicted molar refractivity (Wildman–Crippen MR) is 87.8 cm³/mol. The number of methoxy groups -OCH3 is 1. The monoisotopic (exact) mass is 316 g/mol. The molecule has 0 unspecified atom stereocenters. The first-order valence-corrected chi connectivity index (χ1v) is 7.36. The van der Waals surface area contributed by atoms with Gasteiger partial charge in [0.15, 0.2) is 0 Å². The van der Waals surface area contributed by atoms with Gasteiger partial charge < -0.3 is 15.4 Å². The van der Waals surface area contributed by atoms with Crippen LogP contribution < -0.4 is 15.4 Å². The van der Waals surface area contributed by atoms with Gasteiger partial charge in [-0.05, 0) is 49.2 Å². The van der Waals surface area contributed by atoms with Gasteiger partial charge in [-0.3, -0.25) is 0 Å². The zero-order valence-electron chi connectivity index (χ0n) is 13.5. The first kappa shape index (κ1) is 16.8. The number of amides is 2. The molecule has 5 heteroatoms. The summed E-state index contributed by atoms with van der Waals surface area (Å²) < 4.78 is 18.0. The topological polar surface area (TPSA) is 50.4 Å². The summed E-state index contributed by atoms with van der Waals surface area (Å²) in [7, 11) is 1.61. The van der Waals surface area contributed by atoms with Gasteiger partial charge in [0, 0.05) is 6.54 Å². The molecule has 0 aromatic heterocycles. The van der Waals surface area contributed by atoms with Crippen molar-refractivity contribution in [2.75, 3.05) is 7.11 Å². The minimum absolute atomic E-state index is 0.282. The lowest BCUT2D eigenvalue weighted by Crippen LogP contribution is -2.46. The minimum atomic E-state index is -0.529. The molecule has 0 radical (unpaired) electrons. The van der Waals surface area contributed by atoms with Crippen LogP contribution in [0.3, 0.4) is 0 Å². The molecule has 2 aromatic rings. The molecule has 2 amide bonds. The van der Waals surface area contributed by atoms with Crippen LogP contribution in [-0.2, 0) is 12.1 Å². The van der Waals surface area contributed by atoms with Crippen molar-refractivity contribution in [1.29, 1.82) is 0 Å². The summed E-state index contributed by atoms with van der Waals surface area (Å²) in [6.07, 6.45) is 0. The summed E-state index contributed by atoms with van der Waals surface area (Å²) in [4.78, 5) is 12.1. The maximum Gasteiger partial charge on any atom is 0.315 e. The Morgan fingerprint density at radius 1 is 1.09 bits per heavy atom. The first-order chi connectivity index (χ1) is 10.9. The molecule has 122 valence electrons. The summed E-state index contributed by atoms with van der Waals surface area (Å²) in [5, 5.41) is 5.70. The molecule has 0 atom stereocenters. The van der Waals surface area contributed by atoms with Crippen LogP contribution in [0.5, 0.6) is 5.75 Å². The molecule has 0 bridgehead atoms. The summed E-state index contributed by atoms with van der Waals surface area (Å²) in [5.41, 5.74) is 1.28. The molecule has 0 spiro atoms. The van der Waals surface area contributed by atoms with Gasteiger partial charge in [-0.15, -0.1) is 0 Å². The van der Waals surface area contributed by atoms with Gasteiger partial charge in [0.2, 0.25) is 0 Å². The van der Waals surface area contributed by atoms with Crippen molar-refractivity contribution in [3.05, 3.63) is 65.5 Å². The molecular weight excluding hydrogens is 295 g/mol. The van der Waals surface area contributed by atoms with E-state index in [4.69, 9.17) is 4.74 Å². The van der Waals surface area contributed by atoms with Crippen LogP contribution in [-0.4, -0.2) is 13.1 Å². The maximum atomic E-state index is 12.8. The van der Waals surface area contributed by atoms with E-state index >= 15 is 0 Å². The van der Waals surface area contributed by atoms with Crippen LogP contribution in [0.25, 0.3) is 0 Å². The van der Waals surface area contributed by atoms with E-state index in [0.29, 0.717) is 6.54 Å². The molecule has 2 aromatic carbocycles. The van der Waals surface area contributed by atoms with Gasteiger partial charge in [0.05, 0.1) is 12.6 Å². The van der Waals surface area contributed by atoms with Crippen molar-refractivity contribution in [2.45, 2.75) is 25.9 Å². The zero-order chi connectivity index (χ0) is 16.9. The highest BCUT2D eigenvalue weighted by Crippen LogP contribution is 2.22. The fraction of sp³-hybridized carbons (Fsp3) is 0.278. The average molecular weight is 316 g/mol. The van der Waals surface area contributed by atoms with Crippen molar-refractivity contribution in [3.63, 3.8) is 0 Å². The fourth-order valence-corrected chi connectivity index (χ4v) is 2.19. The maximum absolute atomic E-state index is 12.8. The fourth-order valence-electron chi connectivity index (χ4n) is 2.19. The molecule has 2 N–H and O–H groups in total. The van der Waals surface area contributed by atoms with Crippen LogP contribution in [0, 0.1) is 5.82 Å². The van der Waals surface area contributed by atoms with E-state index in [1.807, 2.05) is 38.1 Å². The molecule has 0 fully saturated rings. The Morgan fingerprint density at radius 2 is 1.70 bits per heavy atom. The molecule has 2 rings (SSSR count). The quantitative estimate of drug-likeness (QED) is 0.886. The number of hydrogen-bond acceptors (Lipinski definition) is 2. The molecule has 4 nitrogen and oxygen atoms in total. The van der Waals surface area contributed by atoms with Gasteiger partial charge >= 0.3 is 6.03 Å². The van der Waals surface area contributed by atoms with Gasteiger partial charge in [0.1, 0.15) is 11.6 Å². The minimum Gasteiger partial charge on any atom is -0.497 e. The number of carbonyl (C=O) groups is 1. The van der Waals surface area contributed by atoms with Crippen LogP contribution in [0.15, 0.2) is 48.5 Å². The van der Waals surface area contributed by atoms with E-state index in [1.165, 1.54) is 12.1 Å². The van der Waals surface area contributed by atoms with E-state index in [2.05, 4.69) is 10.6 Å². The van der Waals surface area contributed by atoms with Gasteiger partial charge in [-0.25, -0.2) is 9.18 Å². The van der Waals surface area contributed by atoms with Crippen molar-refractivity contribution < 1.29 is 13.9 Å².